The fourth-order valence-corrected chi connectivity index (χ4v) is 7.04. The Hall–Kier alpha value is -4.19. The number of unbranched alkanes of at least 4 members (excludes halogenated alkanes) is 23. The molecule has 1 unspecified atom stereocenters. The Morgan fingerprint density at radius 2 is 0.612 bits per heavy atom. The minimum atomic E-state index is -0.805. The highest BCUT2D eigenvalue weighted by Crippen LogP contribution is 2.14. The van der Waals surface area contributed by atoms with Crippen LogP contribution in [0.3, 0.4) is 0 Å². The van der Waals surface area contributed by atoms with Gasteiger partial charge in [-0.15, -0.1) is 0 Å². The van der Waals surface area contributed by atoms with Crippen LogP contribution in [-0.2, 0) is 28.6 Å². The molecule has 1 atom stereocenters. The normalized spacial score (nSPS) is 13.1. The van der Waals surface area contributed by atoms with Gasteiger partial charge in [-0.05, 0) is 83.5 Å². The van der Waals surface area contributed by atoms with Gasteiger partial charge in [0, 0.05) is 19.3 Å². The molecule has 0 N–H and O–H groups in total. The van der Waals surface area contributed by atoms with E-state index in [1.807, 2.05) is 72.9 Å². The van der Waals surface area contributed by atoms with Crippen molar-refractivity contribution >= 4 is 17.9 Å². The first-order valence-electron chi connectivity index (χ1n) is 27.2. The van der Waals surface area contributed by atoms with Crippen LogP contribution in [0.5, 0.6) is 0 Å². The predicted molar refractivity (Wildman–Crippen MR) is 288 cm³/mol. The second kappa shape index (κ2) is 54.4. The highest BCUT2D eigenvalue weighted by Gasteiger charge is 2.19. The van der Waals surface area contributed by atoms with Crippen LogP contribution in [0, 0.1) is 0 Å². The van der Waals surface area contributed by atoms with Crippen molar-refractivity contribution in [3.63, 3.8) is 0 Å². The van der Waals surface area contributed by atoms with Gasteiger partial charge in [0.05, 0.1) is 0 Å². The molecule has 0 spiro atoms. The fourth-order valence-electron chi connectivity index (χ4n) is 7.04. The summed E-state index contributed by atoms with van der Waals surface area (Å²) in [7, 11) is 0. The second-order valence-electron chi connectivity index (χ2n) is 17.6. The summed E-state index contributed by atoms with van der Waals surface area (Å²) in [5.74, 6) is -0.966. The van der Waals surface area contributed by atoms with Crippen molar-refractivity contribution in [1.29, 1.82) is 0 Å². The number of hydrogen-bond acceptors (Lipinski definition) is 6. The lowest BCUT2D eigenvalue weighted by molar-refractivity contribution is -0.167. The molecule has 0 aromatic heterocycles. The number of carbonyl (C=O) groups is 3. The van der Waals surface area contributed by atoms with Crippen molar-refractivity contribution in [1.82, 2.24) is 0 Å². The summed E-state index contributed by atoms with van der Waals surface area (Å²) < 4.78 is 16.8. The summed E-state index contributed by atoms with van der Waals surface area (Å²) in [6.07, 6.45) is 74.6. The quantitative estimate of drug-likeness (QED) is 0.0199. The van der Waals surface area contributed by atoms with Crippen LogP contribution in [0.4, 0.5) is 0 Å². The van der Waals surface area contributed by atoms with E-state index in [2.05, 4.69) is 69.4 Å². The smallest absolute Gasteiger partial charge is 0.306 e. The molecule has 0 rings (SSSR count). The van der Waals surface area contributed by atoms with Crippen molar-refractivity contribution in [3.05, 3.63) is 122 Å². The summed E-state index contributed by atoms with van der Waals surface area (Å²) >= 11 is 0. The molecule has 0 heterocycles. The number of allylic oxidation sites excluding steroid dienone is 20. The fraction of sp³-hybridized carbons (Fsp3) is 0.623. The van der Waals surface area contributed by atoms with Crippen LogP contribution in [0.15, 0.2) is 122 Å². The molecule has 0 aliphatic rings. The summed E-state index contributed by atoms with van der Waals surface area (Å²) in [6.45, 7) is 6.37. The lowest BCUT2D eigenvalue weighted by Gasteiger charge is -2.18. The molecule has 0 aliphatic heterocycles. The maximum atomic E-state index is 12.8. The van der Waals surface area contributed by atoms with Crippen LogP contribution in [0.2, 0.25) is 0 Å². The van der Waals surface area contributed by atoms with Gasteiger partial charge in [-0.1, -0.05) is 245 Å². The van der Waals surface area contributed by atoms with Gasteiger partial charge in [-0.2, -0.15) is 0 Å². The van der Waals surface area contributed by atoms with Gasteiger partial charge in [0.1, 0.15) is 13.2 Å². The van der Waals surface area contributed by atoms with Crippen LogP contribution >= 0.6 is 0 Å². The average molecular weight is 927 g/mol. The largest absolute Gasteiger partial charge is 0.462 e. The van der Waals surface area contributed by atoms with Gasteiger partial charge >= 0.3 is 17.9 Å². The number of ether oxygens (including phenoxy) is 3. The van der Waals surface area contributed by atoms with E-state index in [1.54, 1.807) is 0 Å². The molecular formula is C61H98O6. The number of carbonyl (C=O) groups excluding carboxylic acids is 3. The standard InChI is InChI=1S/C61H98O6/c1-4-7-10-13-16-19-22-24-26-28-30-32-34-36-39-42-45-48-51-54-60(63)66-57-58(56-65-59(62)53-50-47-44-41-38-21-18-15-12-9-6-3)67-61(64)55-52-49-46-43-40-37-35-33-31-29-27-25-23-20-17-14-11-8-5-2/h7,10,13,15-20,22-26,28,30,32,34,36,39,58H,4-6,8-9,11-12,14,21,27,29,31,33,35,37-38,40-57H2,1-3H3/b10-7-,16-13-,18-15-,20-17-,22-19-,25-23-,26-24-,30-28+,34-32-,39-36-. The van der Waals surface area contributed by atoms with Crippen molar-refractivity contribution in [2.45, 2.75) is 232 Å². The zero-order chi connectivity index (χ0) is 48.6. The number of hydrogen-bond donors (Lipinski definition) is 0. The Labute approximate surface area is 412 Å². The van der Waals surface area contributed by atoms with Gasteiger partial charge < -0.3 is 14.2 Å². The third kappa shape index (κ3) is 52.6. The van der Waals surface area contributed by atoms with E-state index < -0.39 is 6.10 Å². The molecule has 67 heavy (non-hydrogen) atoms. The highest BCUT2D eigenvalue weighted by molar-refractivity contribution is 5.71. The lowest BCUT2D eigenvalue weighted by atomic mass is 10.1. The summed E-state index contributed by atoms with van der Waals surface area (Å²) in [4.78, 5) is 38.0. The molecule has 0 aromatic rings. The van der Waals surface area contributed by atoms with Gasteiger partial charge in [-0.25, -0.2) is 0 Å². The maximum absolute atomic E-state index is 12.8. The molecule has 0 radical (unpaired) electrons. The minimum absolute atomic E-state index is 0.102. The molecule has 0 saturated carbocycles. The molecule has 0 saturated heterocycles. The van der Waals surface area contributed by atoms with E-state index in [0.717, 1.165) is 83.5 Å². The zero-order valence-electron chi connectivity index (χ0n) is 43.1. The van der Waals surface area contributed by atoms with E-state index in [0.29, 0.717) is 19.3 Å². The Morgan fingerprint density at radius 1 is 0.313 bits per heavy atom. The van der Waals surface area contributed by atoms with E-state index in [-0.39, 0.29) is 31.1 Å². The van der Waals surface area contributed by atoms with Crippen molar-refractivity contribution in [3.8, 4) is 0 Å². The monoisotopic (exact) mass is 927 g/mol. The molecule has 0 bridgehead atoms. The van der Waals surface area contributed by atoms with Crippen molar-refractivity contribution in [2.75, 3.05) is 13.2 Å². The molecule has 6 nitrogen and oxygen atoms in total. The Kier molecular flexibility index (Phi) is 51.0. The highest BCUT2D eigenvalue weighted by atomic mass is 16.6. The SMILES string of the molecule is CC\C=C/C=C\C=C/C=C\C=C\C=C/C=C\CCCCCC(=O)OCC(COC(=O)CCCCCCC/C=C\CCCC)OC(=O)CCCCCCCCCCCC/C=C\C=C/CCCCC. The first-order chi connectivity index (χ1) is 33.0. The zero-order valence-corrected chi connectivity index (χ0v) is 43.1. The van der Waals surface area contributed by atoms with E-state index in [4.69, 9.17) is 14.2 Å². The minimum Gasteiger partial charge on any atom is -0.462 e. The Balaban J connectivity index is 4.48. The summed E-state index contributed by atoms with van der Waals surface area (Å²) in [5.41, 5.74) is 0. The van der Waals surface area contributed by atoms with Crippen LogP contribution in [0.25, 0.3) is 0 Å². The van der Waals surface area contributed by atoms with Crippen LogP contribution in [0.1, 0.15) is 226 Å². The predicted octanol–water partition coefficient (Wildman–Crippen LogP) is 18.1. The molecule has 378 valence electrons. The molecule has 0 aliphatic carbocycles. The first-order valence-corrected chi connectivity index (χ1v) is 27.2. The maximum Gasteiger partial charge on any atom is 0.306 e. The molecule has 0 amide bonds. The number of esters is 3. The van der Waals surface area contributed by atoms with E-state index in [1.165, 1.54) is 103 Å². The number of rotatable bonds is 47. The Morgan fingerprint density at radius 3 is 1.03 bits per heavy atom. The third-order valence-electron chi connectivity index (χ3n) is 11.1. The second-order valence-corrected chi connectivity index (χ2v) is 17.6. The van der Waals surface area contributed by atoms with Crippen LogP contribution < -0.4 is 0 Å². The van der Waals surface area contributed by atoms with Gasteiger partial charge in [0.2, 0.25) is 0 Å². The average Bonchev–Trinajstić information content (AvgIpc) is 3.33. The van der Waals surface area contributed by atoms with Crippen molar-refractivity contribution < 1.29 is 28.6 Å². The third-order valence-corrected chi connectivity index (χ3v) is 11.1. The van der Waals surface area contributed by atoms with Gasteiger partial charge in [-0.3, -0.25) is 14.4 Å². The molecular weight excluding hydrogens is 829 g/mol. The summed E-state index contributed by atoms with van der Waals surface area (Å²) in [6, 6.07) is 0. The molecule has 0 fully saturated rings. The first kappa shape index (κ1) is 62.8. The Bertz CT molecular complexity index is 1440. The van der Waals surface area contributed by atoms with Crippen molar-refractivity contribution in [2.24, 2.45) is 0 Å². The molecule has 0 aromatic carbocycles. The van der Waals surface area contributed by atoms with E-state index in [9.17, 15) is 14.4 Å². The van der Waals surface area contributed by atoms with Gasteiger partial charge in [0.15, 0.2) is 6.10 Å². The summed E-state index contributed by atoms with van der Waals surface area (Å²) in [5, 5.41) is 0. The lowest BCUT2D eigenvalue weighted by Crippen LogP contribution is -2.30. The van der Waals surface area contributed by atoms with Crippen LogP contribution in [-0.4, -0.2) is 37.2 Å². The van der Waals surface area contributed by atoms with Gasteiger partial charge in [0.25, 0.3) is 0 Å². The van der Waals surface area contributed by atoms with E-state index >= 15 is 0 Å². The molecule has 6 heteroatoms. The topological polar surface area (TPSA) is 78.9 Å².